The maximum absolute atomic E-state index is 4.84. The second-order valence-electron chi connectivity index (χ2n) is 1.27. The number of rotatable bonds is 8. The summed E-state index contributed by atoms with van der Waals surface area (Å²) >= 11 is 0. The molecule has 0 atom stereocenters. The normalized spacial score (nSPS) is 10.4. The molecule has 11 heavy (non-hydrogen) atoms. The fraction of sp³-hybridized carbons (Fsp3) is 1.00. The topological polar surface area (TPSA) is 134 Å². The molecule has 0 amide bonds. The van der Waals surface area contributed by atoms with Gasteiger partial charge in [-0.05, 0) is 7.05 Å². The number of nitrogens with two attached hydrogens (primary N) is 1. The van der Waals surface area contributed by atoms with Gasteiger partial charge in [0, 0.05) is 0 Å². The molecule has 0 aliphatic heterocycles. The molecule has 0 aromatic heterocycles. The van der Waals surface area contributed by atoms with Crippen molar-refractivity contribution in [3.8, 4) is 0 Å². The molecule has 0 fully saturated rings. The Balaban J connectivity index is 2.69. The van der Waals surface area contributed by atoms with E-state index in [0.717, 1.165) is 0 Å². The summed E-state index contributed by atoms with van der Waals surface area (Å²) in [4.78, 5) is 0. The van der Waals surface area contributed by atoms with E-state index in [0.29, 0.717) is 0 Å². The van der Waals surface area contributed by atoms with Gasteiger partial charge in [-0.3, -0.25) is 5.84 Å². The van der Waals surface area contributed by atoms with Crippen LogP contribution in [-0.4, -0.2) is 7.05 Å². The van der Waals surface area contributed by atoms with Crippen LogP contribution in [0.2, 0.25) is 0 Å². The quantitative estimate of drug-likeness (QED) is 0.0971. The van der Waals surface area contributed by atoms with Crippen LogP contribution in [0.25, 0.3) is 0 Å². The second-order valence-corrected chi connectivity index (χ2v) is 1.27. The highest BCUT2D eigenvalue weighted by molar-refractivity contribution is 4.13. The van der Waals surface area contributed by atoms with E-state index in [1.54, 1.807) is 7.05 Å². The van der Waals surface area contributed by atoms with Gasteiger partial charge in [0.15, 0.2) is 0 Å². The molecule has 0 aromatic carbocycles. The van der Waals surface area contributed by atoms with Gasteiger partial charge < -0.3 is 0 Å². The Hall–Kier alpha value is -0.400. The molecule has 0 saturated carbocycles. The van der Waals surface area contributed by atoms with Crippen molar-refractivity contribution in [2.45, 2.75) is 0 Å². The van der Waals surface area contributed by atoms with E-state index in [1.165, 1.54) is 0 Å². The van der Waals surface area contributed by atoms with Crippen LogP contribution in [0.1, 0.15) is 0 Å². The molecule has 0 bridgehead atoms. The fourth-order valence-electron chi connectivity index (χ4n) is 0.255. The minimum Gasteiger partial charge on any atom is -0.257 e. The molecule has 68 valence electrons. The third-order valence-electron chi connectivity index (χ3n) is 0.572. The largest absolute Gasteiger partial charge is 0.257 e. The van der Waals surface area contributed by atoms with Crippen LogP contribution in [0.4, 0.5) is 0 Å². The summed E-state index contributed by atoms with van der Waals surface area (Å²) in [5.41, 5.74) is 22.0. The van der Waals surface area contributed by atoms with E-state index < -0.39 is 0 Å². The summed E-state index contributed by atoms with van der Waals surface area (Å²) in [5, 5.41) is 0. The van der Waals surface area contributed by atoms with Gasteiger partial charge in [-0.2, -0.15) is 44.3 Å². The first kappa shape index (κ1) is 10.6. The van der Waals surface area contributed by atoms with Crippen LogP contribution in [0.15, 0.2) is 0 Å². The first-order chi connectivity index (χ1) is 5.41. The molecule has 10 heteroatoms. The first-order valence-electron chi connectivity index (χ1n) is 2.79. The summed E-state index contributed by atoms with van der Waals surface area (Å²) in [5.74, 6) is 4.84. The highest BCUT2D eigenvalue weighted by Crippen LogP contribution is 1.24. The summed E-state index contributed by atoms with van der Waals surface area (Å²) in [6.45, 7) is 0. The van der Waals surface area contributed by atoms with Gasteiger partial charge in [-0.1, -0.05) is 0 Å². The van der Waals surface area contributed by atoms with Gasteiger partial charge in [0.25, 0.3) is 0 Å². The Bertz CT molecular complexity index is 53.9. The van der Waals surface area contributed by atoms with Gasteiger partial charge in [0.05, 0.1) is 0 Å². The zero-order chi connectivity index (χ0) is 8.36. The third kappa shape index (κ3) is 9.60. The smallest absolute Gasteiger partial charge is 0.000111 e. The predicted molar refractivity (Wildman–Crippen MR) is 38.3 cm³/mol. The van der Waals surface area contributed by atoms with Gasteiger partial charge >= 0.3 is 0 Å². The van der Waals surface area contributed by atoms with Crippen molar-refractivity contribution in [2.75, 3.05) is 7.05 Å². The number of hydrogen-bond donors (Lipinski definition) is 10. The predicted octanol–water partition coefficient (Wildman–Crippen LogP) is -4.88. The van der Waals surface area contributed by atoms with Crippen LogP contribution in [-0.2, 0) is 0 Å². The summed E-state index contributed by atoms with van der Waals surface area (Å²) in [6.07, 6.45) is 0. The highest BCUT2D eigenvalue weighted by Gasteiger charge is 1.77. The molecule has 0 radical (unpaired) electrons. The zero-order valence-corrected chi connectivity index (χ0v) is 6.08. The van der Waals surface area contributed by atoms with Crippen molar-refractivity contribution in [1.82, 2.24) is 49.7 Å². The van der Waals surface area contributed by atoms with Gasteiger partial charge in [0.1, 0.15) is 0 Å². The van der Waals surface area contributed by atoms with E-state index >= 15 is 0 Å². The van der Waals surface area contributed by atoms with E-state index in [2.05, 4.69) is 49.7 Å². The molecule has 0 saturated heterocycles. The second kappa shape index (κ2) is 9.60. The van der Waals surface area contributed by atoms with Crippen molar-refractivity contribution in [1.29, 1.82) is 0 Å². The number of nitrogens with one attached hydrogen (secondary N) is 9. The van der Waals surface area contributed by atoms with E-state index in [1.807, 2.05) is 0 Å². The van der Waals surface area contributed by atoms with Crippen LogP contribution >= 0.6 is 0 Å². The first-order valence-corrected chi connectivity index (χ1v) is 2.79. The lowest BCUT2D eigenvalue weighted by Gasteiger charge is -2.10. The van der Waals surface area contributed by atoms with Gasteiger partial charge in [-0.25, -0.2) is 5.43 Å². The summed E-state index contributed by atoms with van der Waals surface area (Å²) in [6, 6.07) is 0. The molecule has 0 aromatic rings. The van der Waals surface area contributed by atoms with Crippen molar-refractivity contribution in [3.63, 3.8) is 0 Å². The van der Waals surface area contributed by atoms with Gasteiger partial charge in [0.2, 0.25) is 0 Å². The number of hydrazine groups is 9. The highest BCUT2D eigenvalue weighted by atomic mass is 15.9. The van der Waals surface area contributed by atoms with Gasteiger partial charge in [-0.15, -0.1) is 0 Å². The molecule has 10 nitrogen and oxygen atoms in total. The monoisotopic (exact) mass is 166 g/mol. The minimum absolute atomic E-state index is 1.71. The molecule has 0 aliphatic carbocycles. The lowest BCUT2D eigenvalue weighted by molar-refractivity contribution is 0.247. The van der Waals surface area contributed by atoms with Crippen molar-refractivity contribution < 1.29 is 0 Å². The Morgan fingerprint density at radius 2 is 1.18 bits per heavy atom. The maximum atomic E-state index is 4.84. The molecule has 11 N–H and O–H groups in total. The molecular formula is CH14N10. The Kier molecular flexibility index (Phi) is 9.25. The molecular weight excluding hydrogens is 152 g/mol. The zero-order valence-electron chi connectivity index (χ0n) is 6.08. The lowest BCUT2D eigenvalue weighted by Crippen LogP contribution is -2.64. The summed E-state index contributed by atoms with van der Waals surface area (Å²) in [7, 11) is 1.71. The molecule has 0 rings (SSSR count). The van der Waals surface area contributed by atoms with Crippen LogP contribution in [0.5, 0.6) is 0 Å². The molecule has 0 aliphatic rings. The molecule has 0 unspecified atom stereocenters. The minimum atomic E-state index is 1.71. The van der Waals surface area contributed by atoms with Crippen molar-refractivity contribution in [2.24, 2.45) is 5.84 Å². The molecule has 0 heterocycles. The maximum Gasteiger partial charge on any atom is -0.000111 e. The fourth-order valence-corrected chi connectivity index (χ4v) is 0.255. The average molecular weight is 166 g/mol. The van der Waals surface area contributed by atoms with Crippen LogP contribution in [0.3, 0.4) is 0 Å². The van der Waals surface area contributed by atoms with Crippen molar-refractivity contribution in [3.05, 3.63) is 0 Å². The Morgan fingerprint density at radius 1 is 0.727 bits per heavy atom. The third-order valence-corrected chi connectivity index (χ3v) is 0.572. The SMILES string of the molecule is CNNNNNNNNNN. The average Bonchev–Trinajstić information content (AvgIpc) is 2.03. The van der Waals surface area contributed by atoms with E-state index in [-0.39, 0.29) is 0 Å². The van der Waals surface area contributed by atoms with Crippen LogP contribution in [0, 0.1) is 0 Å². The standard InChI is InChI=1S/CH14N10/c1-3-5-7-9-11-10-8-6-4-2/h3-11H,2H2,1H3. The Morgan fingerprint density at radius 3 is 1.64 bits per heavy atom. The van der Waals surface area contributed by atoms with Crippen LogP contribution < -0.4 is 55.5 Å². The Labute approximate surface area is 63.8 Å². The van der Waals surface area contributed by atoms with E-state index in [4.69, 9.17) is 5.84 Å². The van der Waals surface area contributed by atoms with Crippen molar-refractivity contribution >= 4 is 0 Å². The molecule has 0 spiro atoms. The number of hydrogen-bond acceptors (Lipinski definition) is 10. The van der Waals surface area contributed by atoms with E-state index in [9.17, 15) is 0 Å². The lowest BCUT2D eigenvalue weighted by atomic mass is 11.5. The summed E-state index contributed by atoms with van der Waals surface area (Å²) < 4.78 is 0.